The van der Waals surface area contributed by atoms with Gasteiger partial charge in [-0.25, -0.2) is 13.6 Å². The van der Waals surface area contributed by atoms with Gasteiger partial charge in [0.2, 0.25) is 10.0 Å². The summed E-state index contributed by atoms with van der Waals surface area (Å²) < 4.78 is 30.4. The molecule has 6 atom stereocenters. The number of hydrogen-bond acceptors (Lipinski definition) is 5. The van der Waals surface area contributed by atoms with Crippen LogP contribution in [-0.4, -0.2) is 44.6 Å². The van der Waals surface area contributed by atoms with Crippen LogP contribution in [0.15, 0.2) is 54.6 Å². The van der Waals surface area contributed by atoms with Crippen LogP contribution in [0.4, 0.5) is 5.69 Å². The van der Waals surface area contributed by atoms with Crippen molar-refractivity contribution in [2.45, 2.75) is 74.6 Å². The van der Waals surface area contributed by atoms with Gasteiger partial charge < -0.3 is 14.7 Å². The standard InChI is InChI=1S/C32H41ClN2O4S/c33-25-14-16-27-23(18-25)8-5-17-32(27)20-35(28-9-1-2-11-30(28)39-21-32)19-24-13-15-26(24)29(36)10-3-6-22-7-4-12-31(22)40(34,37)38/h1-3,9-11,14,16,18,22,24,26,29,31,36H,4-8,12-13,15,17,19-21H2,(H2,34,37,38)/b10-3+/t22-,24-,26+,29-,31-,32-/m0/s1. The van der Waals surface area contributed by atoms with E-state index in [-0.39, 0.29) is 17.3 Å². The number of anilines is 1. The van der Waals surface area contributed by atoms with Crippen molar-refractivity contribution in [1.82, 2.24) is 0 Å². The van der Waals surface area contributed by atoms with Crippen molar-refractivity contribution in [2.75, 3.05) is 24.6 Å². The van der Waals surface area contributed by atoms with Gasteiger partial charge in [0.05, 0.1) is 23.6 Å². The highest BCUT2D eigenvalue weighted by molar-refractivity contribution is 7.89. The van der Waals surface area contributed by atoms with Crippen LogP contribution in [0.3, 0.4) is 0 Å². The lowest BCUT2D eigenvalue weighted by molar-refractivity contribution is 0.0455. The van der Waals surface area contributed by atoms with Crippen molar-refractivity contribution >= 4 is 27.3 Å². The second-order valence-electron chi connectivity index (χ2n) is 12.5. The van der Waals surface area contributed by atoms with Crippen LogP contribution in [0.1, 0.15) is 62.5 Å². The first-order valence-corrected chi connectivity index (χ1v) is 16.8. The Bertz CT molecular complexity index is 1360. The molecular formula is C32H41ClN2O4S. The molecule has 0 saturated heterocycles. The number of nitrogens with two attached hydrogens (primary N) is 1. The van der Waals surface area contributed by atoms with Crippen molar-refractivity contribution in [2.24, 2.45) is 22.9 Å². The first kappa shape index (κ1) is 28.1. The van der Waals surface area contributed by atoms with Gasteiger partial charge in [0, 0.05) is 23.5 Å². The number of aryl methyl sites for hydroxylation is 1. The van der Waals surface area contributed by atoms with E-state index >= 15 is 0 Å². The van der Waals surface area contributed by atoms with Crippen LogP contribution in [0.5, 0.6) is 5.75 Å². The number of primary sulfonamides is 1. The van der Waals surface area contributed by atoms with Crippen LogP contribution in [0, 0.1) is 17.8 Å². The summed E-state index contributed by atoms with van der Waals surface area (Å²) in [5.74, 6) is 1.55. The SMILES string of the molecule is NS(=O)(=O)[C@H]1CCC[C@@H]1C/C=C/[C@H](O)[C@@H]1CC[C@H]1CN1C[C@@]2(CCCc3cc(Cl)ccc32)COc2ccccc21. The summed E-state index contributed by atoms with van der Waals surface area (Å²) in [6.07, 6.45) is 11.7. The van der Waals surface area contributed by atoms with Crippen molar-refractivity contribution in [3.63, 3.8) is 0 Å². The van der Waals surface area contributed by atoms with Gasteiger partial charge in [-0.05, 0) is 105 Å². The quantitative estimate of drug-likeness (QED) is 0.413. The minimum absolute atomic E-state index is 0.0497. The largest absolute Gasteiger partial charge is 0.490 e. The number of nitrogens with zero attached hydrogens (tertiary/aromatic N) is 1. The van der Waals surface area contributed by atoms with Gasteiger partial charge in [0.15, 0.2) is 0 Å². The molecule has 6 rings (SSSR count). The smallest absolute Gasteiger partial charge is 0.212 e. The maximum atomic E-state index is 11.9. The van der Waals surface area contributed by atoms with Crippen molar-refractivity contribution < 1.29 is 18.3 Å². The molecule has 2 aromatic carbocycles. The number of rotatable bonds is 7. The van der Waals surface area contributed by atoms with Gasteiger partial charge in [-0.1, -0.05) is 48.4 Å². The van der Waals surface area contributed by atoms with Gasteiger partial charge in [-0.15, -0.1) is 0 Å². The summed E-state index contributed by atoms with van der Waals surface area (Å²) in [5, 5.41) is 16.9. The number of allylic oxidation sites excluding steroid dienone is 1. The molecule has 3 N–H and O–H groups in total. The number of hydrogen-bond donors (Lipinski definition) is 2. The second-order valence-corrected chi connectivity index (χ2v) is 14.8. The fraction of sp³-hybridized carbons (Fsp3) is 0.562. The zero-order valence-electron chi connectivity index (χ0n) is 23.1. The Kier molecular flexibility index (Phi) is 7.94. The zero-order valence-corrected chi connectivity index (χ0v) is 24.6. The lowest BCUT2D eigenvalue weighted by Crippen LogP contribution is -2.49. The number of sulfonamides is 1. The second kappa shape index (κ2) is 11.3. The average Bonchev–Trinajstić information content (AvgIpc) is 3.33. The highest BCUT2D eigenvalue weighted by Gasteiger charge is 2.44. The van der Waals surface area contributed by atoms with Crippen molar-refractivity contribution in [1.29, 1.82) is 0 Å². The molecule has 0 radical (unpaired) electrons. The molecule has 0 aromatic heterocycles. The Morgan fingerprint density at radius 3 is 2.77 bits per heavy atom. The normalized spacial score (nSPS) is 30.8. The van der Waals surface area contributed by atoms with E-state index < -0.39 is 21.4 Å². The zero-order chi connectivity index (χ0) is 27.9. The number of aliphatic hydroxyl groups excluding tert-OH is 1. The van der Waals surface area contributed by atoms with E-state index in [4.69, 9.17) is 21.5 Å². The van der Waals surface area contributed by atoms with Gasteiger partial charge in [0.1, 0.15) is 5.75 Å². The molecule has 1 spiro atoms. The molecule has 0 bridgehead atoms. The van der Waals surface area contributed by atoms with Gasteiger partial charge in [-0.3, -0.25) is 0 Å². The summed E-state index contributed by atoms with van der Waals surface area (Å²) in [6, 6.07) is 14.7. The summed E-state index contributed by atoms with van der Waals surface area (Å²) in [5.41, 5.74) is 3.73. The lowest BCUT2D eigenvalue weighted by atomic mass is 9.68. The molecule has 0 amide bonds. The van der Waals surface area contributed by atoms with E-state index in [1.807, 2.05) is 24.3 Å². The number of benzene rings is 2. The molecule has 1 heterocycles. The third kappa shape index (κ3) is 5.55. The lowest BCUT2D eigenvalue weighted by Gasteiger charge is -2.45. The maximum Gasteiger partial charge on any atom is 0.212 e. The van der Waals surface area contributed by atoms with Crippen LogP contribution in [0.2, 0.25) is 5.02 Å². The molecule has 2 fully saturated rings. The number of aliphatic hydroxyl groups is 1. The number of ether oxygens (including phenoxy) is 1. The molecule has 2 saturated carbocycles. The molecule has 8 heteroatoms. The van der Waals surface area contributed by atoms with E-state index in [0.717, 1.165) is 74.5 Å². The first-order valence-electron chi connectivity index (χ1n) is 14.9. The van der Waals surface area contributed by atoms with Crippen molar-refractivity contribution in [3.8, 4) is 5.75 Å². The Morgan fingerprint density at radius 1 is 1.12 bits per heavy atom. The number of halogens is 1. The molecule has 216 valence electrons. The molecule has 1 aliphatic heterocycles. The van der Waals surface area contributed by atoms with E-state index in [1.54, 1.807) is 0 Å². The summed E-state index contributed by atoms with van der Waals surface area (Å²) in [7, 11) is -3.52. The van der Waals surface area contributed by atoms with Crippen LogP contribution < -0.4 is 14.8 Å². The first-order chi connectivity index (χ1) is 19.2. The van der Waals surface area contributed by atoms with Gasteiger partial charge >= 0.3 is 0 Å². The summed E-state index contributed by atoms with van der Waals surface area (Å²) in [4.78, 5) is 2.51. The van der Waals surface area contributed by atoms with Gasteiger partial charge in [-0.2, -0.15) is 0 Å². The highest BCUT2D eigenvalue weighted by atomic mass is 35.5. The molecule has 0 unspecified atom stereocenters. The van der Waals surface area contributed by atoms with Crippen molar-refractivity contribution in [3.05, 3.63) is 70.8 Å². The van der Waals surface area contributed by atoms with E-state index in [1.165, 1.54) is 11.1 Å². The molecule has 2 aromatic rings. The van der Waals surface area contributed by atoms with Gasteiger partial charge in [0.25, 0.3) is 0 Å². The minimum atomic E-state index is -3.52. The highest BCUT2D eigenvalue weighted by Crippen LogP contribution is 2.46. The van der Waals surface area contributed by atoms with Crippen LogP contribution >= 0.6 is 11.6 Å². The molecule has 6 nitrogen and oxygen atoms in total. The Balaban J connectivity index is 1.18. The van der Waals surface area contributed by atoms with Crippen LogP contribution in [0.25, 0.3) is 0 Å². The summed E-state index contributed by atoms with van der Waals surface area (Å²) >= 11 is 6.38. The molecule has 3 aliphatic carbocycles. The Morgan fingerprint density at radius 2 is 1.98 bits per heavy atom. The molecule has 4 aliphatic rings. The topological polar surface area (TPSA) is 92.9 Å². The predicted molar refractivity (Wildman–Crippen MR) is 160 cm³/mol. The predicted octanol–water partition coefficient (Wildman–Crippen LogP) is 5.60. The van der Waals surface area contributed by atoms with E-state index in [9.17, 15) is 13.5 Å². The molecule has 40 heavy (non-hydrogen) atoms. The third-order valence-corrected chi connectivity index (χ3v) is 11.8. The number of para-hydroxylation sites is 2. The maximum absolute atomic E-state index is 11.9. The fourth-order valence-electron chi connectivity index (χ4n) is 7.86. The average molecular weight is 585 g/mol. The molecular weight excluding hydrogens is 544 g/mol. The minimum Gasteiger partial charge on any atom is -0.490 e. The van der Waals surface area contributed by atoms with E-state index in [2.05, 4.69) is 35.2 Å². The fourth-order valence-corrected chi connectivity index (χ4v) is 9.34. The number of fused-ring (bicyclic) bond motifs is 3. The summed E-state index contributed by atoms with van der Waals surface area (Å²) in [6.45, 7) is 2.40. The van der Waals surface area contributed by atoms with Crippen LogP contribution in [-0.2, 0) is 21.9 Å². The third-order valence-electron chi connectivity index (χ3n) is 10.1. The monoisotopic (exact) mass is 584 g/mol. The Hall–Kier alpha value is -2.06. The Labute approximate surface area is 243 Å². The van der Waals surface area contributed by atoms with E-state index in [0.29, 0.717) is 25.4 Å².